The lowest BCUT2D eigenvalue weighted by Gasteiger charge is -2.26. The van der Waals surface area contributed by atoms with Crippen LogP contribution in [0.5, 0.6) is 6.01 Å². The average molecular weight is 432 g/mol. The molecule has 164 valence electrons. The van der Waals surface area contributed by atoms with Crippen LogP contribution in [0.4, 0.5) is 5.95 Å². The number of benzene rings is 1. The Morgan fingerprint density at radius 1 is 1.16 bits per heavy atom. The number of nitrogens with one attached hydrogen (secondary N) is 1. The summed E-state index contributed by atoms with van der Waals surface area (Å²) in [6, 6.07) is 8.44. The second-order valence-corrected chi connectivity index (χ2v) is 7.34. The summed E-state index contributed by atoms with van der Waals surface area (Å²) in [6.45, 7) is 4.19. The number of aromatic amines is 1. The molecule has 0 radical (unpaired) electrons. The fourth-order valence-corrected chi connectivity index (χ4v) is 3.51. The Kier molecular flexibility index (Phi) is 6.02. The first-order chi connectivity index (χ1) is 15.8. The minimum absolute atomic E-state index is 0.305. The molecule has 1 N–H and O–H groups in total. The molecule has 1 aliphatic rings. The van der Waals surface area contributed by atoms with Crippen LogP contribution in [0.2, 0.25) is 0 Å². The molecule has 0 aliphatic carbocycles. The molecule has 32 heavy (non-hydrogen) atoms. The molecule has 4 aromatic rings. The first kappa shape index (κ1) is 20.1. The lowest BCUT2D eigenvalue weighted by molar-refractivity contribution is 0.122. The van der Waals surface area contributed by atoms with Crippen molar-refractivity contribution in [2.45, 2.75) is 13.1 Å². The molecular formula is C22H24N8O2. The average Bonchev–Trinajstić information content (AvgIpc) is 3.50. The molecule has 0 spiro atoms. The van der Waals surface area contributed by atoms with Crippen LogP contribution < -0.4 is 9.64 Å². The third-order valence-electron chi connectivity index (χ3n) is 5.17. The van der Waals surface area contributed by atoms with E-state index in [4.69, 9.17) is 9.47 Å². The molecule has 1 aromatic carbocycles. The summed E-state index contributed by atoms with van der Waals surface area (Å²) >= 11 is 0. The predicted molar refractivity (Wildman–Crippen MR) is 120 cm³/mol. The van der Waals surface area contributed by atoms with Crippen LogP contribution in [0.15, 0.2) is 54.2 Å². The lowest BCUT2D eigenvalue weighted by Crippen LogP contribution is -2.37. The summed E-state index contributed by atoms with van der Waals surface area (Å²) in [7, 11) is 0. The van der Waals surface area contributed by atoms with Crippen molar-refractivity contribution < 1.29 is 9.47 Å². The Hall–Kier alpha value is -3.79. The highest BCUT2D eigenvalue weighted by atomic mass is 16.5. The quantitative estimate of drug-likeness (QED) is 0.425. The number of anilines is 1. The molecule has 5 rings (SSSR count). The molecule has 3 aromatic heterocycles. The highest BCUT2D eigenvalue weighted by molar-refractivity contribution is 5.98. The summed E-state index contributed by atoms with van der Waals surface area (Å²) < 4.78 is 13.2. The number of hydrogen-bond donors (Lipinski definition) is 1. The second kappa shape index (κ2) is 9.56. The Morgan fingerprint density at radius 3 is 2.94 bits per heavy atom. The molecule has 1 saturated heterocycles. The number of fused-ring (bicyclic) bond motifs is 1. The fourth-order valence-electron chi connectivity index (χ4n) is 3.51. The van der Waals surface area contributed by atoms with Gasteiger partial charge in [0.15, 0.2) is 5.82 Å². The first-order valence-corrected chi connectivity index (χ1v) is 10.6. The molecule has 0 bridgehead atoms. The van der Waals surface area contributed by atoms with E-state index < -0.39 is 0 Å². The van der Waals surface area contributed by atoms with Gasteiger partial charge in [-0.2, -0.15) is 15.0 Å². The van der Waals surface area contributed by atoms with Gasteiger partial charge in [0.25, 0.3) is 0 Å². The van der Waals surface area contributed by atoms with Gasteiger partial charge >= 0.3 is 6.01 Å². The Labute approximate surface area is 185 Å². The fraction of sp³-hybridized carbons (Fsp3) is 0.318. The van der Waals surface area contributed by atoms with Crippen LogP contribution in [0.3, 0.4) is 0 Å². The number of para-hydroxylation sites is 1. The molecule has 0 atom stereocenters. The van der Waals surface area contributed by atoms with Crippen molar-refractivity contribution in [3.63, 3.8) is 0 Å². The van der Waals surface area contributed by atoms with Crippen LogP contribution in [-0.2, 0) is 17.8 Å². The van der Waals surface area contributed by atoms with Crippen molar-refractivity contribution in [3.05, 3.63) is 60.6 Å². The van der Waals surface area contributed by atoms with Crippen LogP contribution >= 0.6 is 0 Å². The van der Waals surface area contributed by atoms with Crippen LogP contribution in [0.25, 0.3) is 10.9 Å². The summed E-state index contributed by atoms with van der Waals surface area (Å²) in [5.41, 5.74) is 2.11. The van der Waals surface area contributed by atoms with Crippen LogP contribution in [-0.4, -0.2) is 68.6 Å². The maximum Gasteiger partial charge on any atom is 0.321 e. The van der Waals surface area contributed by atoms with Gasteiger partial charge in [0.05, 0.1) is 32.6 Å². The van der Waals surface area contributed by atoms with Gasteiger partial charge in [-0.15, -0.1) is 0 Å². The maximum absolute atomic E-state index is 5.84. The summed E-state index contributed by atoms with van der Waals surface area (Å²) in [4.78, 5) is 27.6. The van der Waals surface area contributed by atoms with Crippen LogP contribution in [0.1, 0.15) is 11.4 Å². The van der Waals surface area contributed by atoms with E-state index in [1.807, 2.05) is 41.4 Å². The topological polar surface area (TPSA) is 106 Å². The number of aliphatic imine (C=N–C) groups is 1. The van der Waals surface area contributed by atoms with Gasteiger partial charge in [0.1, 0.15) is 6.61 Å². The van der Waals surface area contributed by atoms with E-state index in [0.29, 0.717) is 50.7 Å². The molecule has 1 aliphatic heterocycles. The highest BCUT2D eigenvalue weighted by Crippen LogP contribution is 2.17. The zero-order valence-electron chi connectivity index (χ0n) is 17.6. The highest BCUT2D eigenvalue weighted by Gasteiger charge is 2.17. The molecule has 10 heteroatoms. The molecule has 0 unspecified atom stereocenters. The number of rotatable bonds is 8. The van der Waals surface area contributed by atoms with E-state index in [2.05, 4.69) is 40.9 Å². The smallest absolute Gasteiger partial charge is 0.321 e. The number of morpholine rings is 1. The van der Waals surface area contributed by atoms with Crippen molar-refractivity contribution >= 4 is 23.1 Å². The minimum atomic E-state index is 0.305. The van der Waals surface area contributed by atoms with Gasteiger partial charge in [0.2, 0.25) is 5.95 Å². The summed E-state index contributed by atoms with van der Waals surface area (Å²) in [5.74, 6) is 1.16. The standard InChI is InChI=1S/C22H24N8O2/c1-2-4-19-18(3-1)17(14-25-19)13-24-15-20-26-21(30-8-10-31-11-9-30)28-22(27-20)32-12-7-29-6-5-23-16-29/h1-6,13-14,16,25H,7-12,15H2. The van der Waals surface area contributed by atoms with Crippen molar-refractivity contribution in [3.8, 4) is 6.01 Å². The summed E-state index contributed by atoms with van der Waals surface area (Å²) in [6.07, 6.45) is 9.17. The zero-order chi connectivity index (χ0) is 21.6. The van der Waals surface area contributed by atoms with E-state index in [-0.39, 0.29) is 0 Å². The molecule has 0 amide bonds. The molecule has 0 saturated carbocycles. The van der Waals surface area contributed by atoms with Gasteiger partial charge in [-0.1, -0.05) is 18.2 Å². The predicted octanol–water partition coefficient (Wildman–Crippen LogP) is 2.08. The minimum Gasteiger partial charge on any atom is -0.461 e. The van der Waals surface area contributed by atoms with Crippen molar-refractivity contribution in [2.24, 2.45) is 4.99 Å². The van der Waals surface area contributed by atoms with E-state index >= 15 is 0 Å². The van der Waals surface area contributed by atoms with E-state index in [9.17, 15) is 0 Å². The number of hydrogen-bond acceptors (Lipinski definition) is 8. The monoisotopic (exact) mass is 432 g/mol. The molecule has 4 heterocycles. The third-order valence-corrected chi connectivity index (χ3v) is 5.17. The van der Waals surface area contributed by atoms with Crippen LogP contribution in [0, 0.1) is 0 Å². The number of imidazole rings is 1. The van der Waals surface area contributed by atoms with E-state index in [1.165, 1.54) is 0 Å². The first-order valence-electron chi connectivity index (χ1n) is 10.6. The summed E-state index contributed by atoms with van der Waals surface area (Å²) in [5, 5.41) is 1.13. The maximum atomic E-state index is 5.84. The van der Waals surface area contributed by atoms with E-state index in [1.54, 1.807) is 12.5 Å². The molecule has 1 fully saturated rings. The third kappa shape index (κ3) is 4.75. The van der Waals surface area contributed by atoms with Gasteiger partial charge in [-0.3, -0.25) is 4.99 Å². The van der Waals surface area contributed by atoms with Gasteiger partial charge in [-0.25, -0.2) is 4.98 Å². The normalized spacial score (nSPS) is 14.4. The molecule has 10 nitrogen and oxygen atoms in total. The number of ether oxygens (including phenoxy) is 2. The van der Waals surface area contributed by atoms with Gasteiger partial charge in [0, 0.05) is 54.4 Å². The van der Waals surface area contributed by atoms with Crippen molar-refractivity contribution in [1.29, 1.82) is 0 Å². The Morgan fingerprint density at radius 2 is 2.06 bits per heavy atom. The van der Waals surface area contributed by atoms with E-state index in [0.717, 1.165) is 29.6 Å². The lowest BCUT2D eigenvalue weighted by atomic mass is 10.2. The Bertz CT molecular complexity index is 1180. The number of aromatic nitrogens is 6. The van der Waals surface area contributed by atoms with Gasteiger partial charge in [-0.05, 0) is 6.07 Å². The second-order valence-electron chi connectivity index (χ2n) is 7.34. The zero-order valence-corrected chi connectivity index (χ0v) is 17.6. The number of nitrogens with zero attached hydrogens (tertiary/aromatic N) is 7. The SMILES string of the molecule is C(=NCc1nc(OCCn2ccnc2)nc(N2CCOCC2)n1)c1c[nH]c2ccccc12. The number of H-pyrrole nitrogens is 1. The molecular weight excluding hydrogens is 408 g/mol. The van der Waals surface area contributed by atoms with Gasteiger partial charge < -0.3 is 23.9 Å². The largest absolute Gasteiger partial charge is 0.461 e. The Balaban J connectivity index is 1.32. The van der Waals surface area contributed by atoms with Crippen molar-refractivity contribution in [2.75, 3.05) is 37.8 Å². The van der Waals surface area contributed by atoms with Crippen molar-refractivity contribution in [1.82, 2.24) is 29.5 Å².